The molecule has 1 aliphatic rings. The van der Waals surface area contributed by atoms with Crippen molar-refractivity contribution in [3.05, 3.63) is 23.8 Å². The SMILES string of the molecule is COc1ccc(C2CCCCC2C(=O)O)c(OC)c1. The van der Waals surface area contributed by atoms with E-state index in [4.69, 9.17) is 9.47 Å². The highest BCUT2D eigenvalue weighted by molar-refractivity contribution is 5.72. The summed E-state index contributed by atoms with van der Waals surface area (Å²) in [4.78, 5) is 11.4. The van der Waals surface area contributed by atoms with Gasteiger partial charge >= 0.3 is 5.97 Å². The van der Waals surface area contributed by atoms with Gasteiger partial charge in [-0.25, -0.2) is 0 Å². The molecule has 0 saturated heterocycles. The Hall–Kier alpha value is -1.71. The lowest BCUT2D eigenvalue weighted by Gasteiger charge is -2.30. The number of carboxylic acids is 1. The summed E-state index contributed by atoms with van der Waals surface area (Å²) >= 11 is 0. The molecule has 19 heavy (non-hydrogen) atoms. The van der Waals surface area contributed by atoms with Crippen molar-refractivity contribution >= 4 is 5.97 Å². The summed E-state index contributed by atoms with van der Waals surface area (Å²) in [6.07, 6.45) is 3.71. The van der Waals surface area contributed by atoms with Gasteiger partial charge in [0.2, 0.25) is 0 Å². The molecule has 4 nitrogen and oxygen atoms in total. The van der Waals surface area contributed by atoms with Crippen LogP contribution < -0.4 is 9.47 Å². The lowest BCUT2D eigenvalue weighted by Crippen LogP contribution is -2.25. The summed E-state index contributed by atoms with van der Waals surface area (Å²) in [5.74, 6) is 0.464. The highest BCUT2D eigenvalue weighted by atomic mass is 16.5. The van der Waals surface area contributed by atoms with Crippen LogP contribution in [0.4, 0.5) is 0 Å². The number of carbonyl (C=O) groups is 1. The van der Waals surface area contributed by atoms with E-state index in [-0.39, 0.29) is 11.8 Å². The zero-order valence-corrected chi connectivity index (χ0v) is 11.4. The van der Waals surface area contributed by atoms with Gasteiger partial charge in [0.1, 0.15) is 11.5 Å². The zero-order chi connectivity index (χ0) is 13.8. The van der Waals surface area contributed by atoms with Gasteiger partial charge in [0.25, 0.3) is 0 Å². The fraction of sp³-hybridized carbons (Fsp3) is 0.533. The molecule has 0 aromatic heterocycles. The second kappa shape index (κ2) is 5.95. The van der Waals surface area contributed by atoms with Crippen molar-refractivity contribution in [2.45, 2.75) is 31.6 Å². The first kappa shape index (κ1) is 13.7. The topological polar surface area (TPSA) is 55.8 Å². The maximum Gasteiger partial charge on any atom is 0.307 e. The van der Waals surface area contributed by atoms with E-state index in [2.05, 4.69) is 0 Å². The van der Waals surface area contributed by atoms with E-state index in [0.717, 1.165) is 42.7 Å². The molecule has 1 saturated carbocycles. The minimum atomic E-state index is -0.706. The van der Waals surface area contributed by atoms with Gasteiger partial charge in [0.05, 0.1) is 20.1 Å². The molecule has 1 N–H and O–H groups in total. The first-order valence-electron chi connectivity index (χ1n) is 6.62. The van der Waals surface area contributed by atoms with Gasteiger partial charge in [0, 0.05) is 12.0 Å². The van der Waals surface area contributed by atoms with E-state index in [9.17, 15) is 9.90 Å². The molecule has 4 heteroatoms. The third-order valence-corrected chi connectivity index (χ3v) is 3.92. The van der Waals surface area contributed by atoms with E-state index < -0.39 is 5.97 Å². The van der Waals surface area contributed by atoms with Gasteiger partial charge < -0.3 is 14.6 Å². The molecule has 2 unspecified atom stereocenters. The van der Waals surface area contributed by atoms with Crippen molar-refractivity contribution in [1.82, 2.24) is 0 Å². The Bertz CT molecular complexity index is 455. The summed E-state index contributed by atoms with van der Waals surface area (Å²) in [5.41, 5.74) is 0.982. The lowest BCUT2D eigenvalue weighted by atomic mass is 9.75. The Morgan fingerprint density at radius 2 is 1.95 bits per heavy atom. The molecular weight excluding hydrogens is 244 g/mol. The van der Waals surface area contributed by atoms with Crippen molar-refractivity contribution in [3.63, 3.8) is 0 Å². The lowest BCUT2D eigenvalue weighted by molar-refractivity contribution is -0.143. The average Bonchev–Trinajstić information content (AvgIpc) is 2.46. The molecule has 0 heterocycles. The second-order valence-electron chi connectivity index (χ2n) is 4.94. The molecule has 0 bridgehead atoms. The molecule has 0 aliphatic heterocycles. The highest BCUT2D eigenvalue weighted by Gasteiger charge is 2.33. The Labute approximate surface area is 113 Å². The Morgan fingerprint density at radius 3 is 2.58 bits per heavy atom. The van der Waals surface area contributed by atoms with E-state index in [0.29, 0.717) is 0 Å². The fourth-order valence-corrected chi connectivity index (χ4v) is 2.92. The number of hydrogen-bond acceptors (Lipinski definition) is 3. The molecule has 1 aromatic rings. The minimum absolute atomic E-state index is 0.0344. The fourth-order valence-electron chi connectivity index (χ4n) is 2.92. The third kappa shape index (κ3) is 2.83. The van der Waals surface area contributed by atoms with Crippen molar-refractivity contribution in [1.29, 1.82) is 0 Å². The van der Waals surface area contributed by atoms with Gasteiger partial charge in [-0.05, 0) is 24.5 Å². The number of hydrogen-bond donors (Lipinski definition) is 1. The van der Waals surface area contributed by atoms with Gasteiger partial charge in [-0.1, -0.05) is 18.9 Å². The Balaban J connectivity index is 2.35. The van der Waals surface area contributed by atoms with E-state index in [1.807, 2.05) is 18.2 Å². The van der Waals surface area contributed by atoms with Crippen LogP contribution in [0.25, 0.3) is 0 Å². The number of methoxy groups -OCH3 is 2. The quantitative estimate of drug-likeness (QED) is 0.908. The zero-order valence-electron chi connectivity index (χ0n) is 11.4. The number of rotatable bonds is 4. The molecule has 0 spiro atoms. The van der Waals surface area contributed by atoms with E-state index >= 15 is 0 Å². The first-order chi connectivity index (χ1) is 9.17. The monoisotopic (exact) mass is 264 g/mol. The minimum Gasteiger partial charge on any atom is -0.497 e. The maximum absolute atomic E-state index is 11.4. The van der Waals surface area contributed by atoms with Crippen LogP contribution in [0.5, 0.6) is 11.5 Å². The molecule has 0 amide bonds. The van der Waals surface area contributed by atoms with Crippen molar-refractivity contribution in [3.8, 4) is 11.5 Å². The van der Waals surface area contributed by atoms with Gasteiger partial charge in [0.15, 0.2) is 0 Å². The molecule has 1 aromatic carbocycles. The van der Waals surface area contributed by atoms with Crippen molar-refractivity contribution in [2.24, 2.45) is 5.92 Å². The predicted molar refractivity (Wildman–Crippen MR) is 71.9 cm³/mol. The summed E-state index contributed by atoms with van der Waals surface area (Å²) in [6.45, 7) is 0. The number of benzene rings is 1. The van der Waals surface area contributed by atoms with Gasteiger partial charge in [-0.2, -0.15) is 0 Å². The van der Waals surface area contributed by atoms with Crippen LogP contribution in [0.2, 0.25) is 0 Å². The summed E-state index contributed by atoms with van der Waals surface area (Å²) in [5, 5.41) is 9.37. The molecular formula is C15H20O4. The summed E-state index contributed by atoms with van der Waals surface area (Å²) in [6, 6.07) is 5.62. The largest absolute Gasteiger partial charge is 0.497 e. The molecule has 1 fully saturated rings. The maximum atomic E-state index is 11.4. The summed E-state index contributed by atoms with van der Waals surface area (Å²) < 4.78 is 10.6. The Morgan fingerprint density at radius 1 is 1.21 bits per heavy atom. The average molecular weight is 264 g/mol. The molecule has 2 rings (SSSR count). The van der Waals surface area contributed by atoms with Gasteiger partial charge in [-0.15, -0.1) is 0 Å². The van der Waals surface area contributed by atoms with Crippen LogP contribution in [0.3, 0.4) is 0 Å². The second-order valence-corrected chi connectivity index (χ2v) is 4.94. The summed E-state index contributed by atoms with van der Waals surface area (Å²) in [7, 11) is 3.21. The third-order valence-electron chi connectivity index (χ3n) is 3.92. The van der Waals surface area contributed by atoms with Gasteiger partial charge in [-0.3, -0.25) is 4.79 Å². The predicted octanol–water partition coefficient (Wildman–Crippen LogP) is 3.06. The molecule has 2 atom stereocenters. The van der Waals surface area contributed by atoms with Crippen LogP contribution in [0, 0.1) is 5.92 Å². The van der Waals surface area contributed by atoms with Crippen LogP contribution in [-0.2, 0) is 4.79 Å². The standard InChI is InChI=1S/C15H20O4/c1-18-10-7-8-12(14(9-10)19-2)11-5-3-4-6-13(11)15(16)17/h7-9,11,13H,3-6H2,1-2H3,(H,16,17). The van der Waals surface area contributed by atoms with Crippen LogP contribution >= 0.6 is 0 Å². The van der Waals surface area contributed by atoms with Crippen molar-refractivity contribution in [2.75, 3.05) is 14.2 Å². The van der Waals surface area contributed by atoms with Crippen LogP contribution in [0.15, 0.2) is 18.2 Å². The molecule has 1 aliphatic carbocycles. The Kier molecular flexibility index (Phi) is 4.30. The number of ether oxygens (including phenoxy) is 2. The highest BCUT2D eigenvalue weighted by Crippen LogP contribution is 2.42. The van der Waals surface area contributed by atoms with Crippen LogP contribution in [0.1, 0.15) is 37.2 Å². The van der Waals surface area contributed by atoms with Crippen molar-refractivity contribution < 1.29 is 19.4 Å². The normalized spacial score (nSPS) is 22.8. The smallest absolute Gasteiger partial charge is 0.307 e. The molecule has 0 radical (unpaired) electrons. The first-order valence-corrected chi connectivity index (χ1v) is 6.62. The number of carboxylic acid groups (broad SMARTS) is 1. The number of aliphatic carboxylic acids is 1. The van der Waals surface area contributed by atoms with E-state index in [1.165, 1.54) is 0 Å². The van der Waals surface area contributed by atoms with Crippen LogP contribution in [-0.4, -0.2) is 25.3 Å². The molecule has 104 valence electrons. The van der Waals surface area contributed by atoms with E-state index in [1.54, 1.807) is 14.2 Å².